The van der Waals surface area contributed by atoms with E-state index in [1.807, 2.05) is 0 Å². The van der Waals surface area contributed by atoms with Crippen molar-refractivity contribution in [2.75, 3.05) is 6.61 Å². The van der Waals surface area contributed by atoms with Gasteiger partial charge in [-0.2, -0.15) is 0 Å². The van der Waals surface area contributed by atoms with Crippen LogP contribution in [-0.2, 0) is 11.0 Å². The zero-order chi connectivity index (χ0) is 13.4. The van der Waals surface area contributed by atoms with E-state index < -0.39 is 8.32 Å². The lowest BCUT2D eigenvalue weighted by atomic mass is 10.2. The Bertz CT molecular complexity index is 493. The maximum Gasteiger partial charge on any atom is 0.192 e. The van der Waals surface area contributed by atoms with Crippen molar-refractivity contribution in [2.24, 2.45) is 0 Å². The van der Waals surface area contributed by atoms with E-state index in [1.54, 1.807) is 11.3 Å². The van der Waals surface area contributed by atoms with Gasteiger partial charge in [-0.25, -0.2) is 0 Å². The Balaban J connectivity index is 1.91. The molecule has 0 saturated heterocycles. The molecule has 0 bridgehead atoms. The van der Waals surface area contributed by atoms with Crippen LogP contribution in [0.5, 0.6) is 0 Å². The summed E-state index contributed by atoms with van der Waals surface area (Å²) < 4.78 is 9.80. The van der Waals surface area contributed by atoms with Gasteiger partial charge in [-0.15, -0.1) is 11.3 Å². The van der Waals surface area contributed by atoms with Gasteiger partial charge in [-0.3, -0.25) is 0 Å². The Kier molecular flexibility index (Phi) is 3.72. The van der Waals surface area contributed by atoms with Crippen LogP contribution in [0.15, 0.2) is 23.8 Å². The van der Waals surface area contributed by atoms with Crippen LogP contribution < -0.4 is 0 Å². The molecule has 0 fully saturated rings. The molecule has 0 aromatic carbocycles. The van der Waals surface area contributed by atoms with Crippen molar-refractivity contribution in [3.05, 3.63) is 23.8 Å². The number of hydrogen-bond donors (Lipinski definition) is 0. The smallest absolute Gasteiger partial charge is 0.192 e. The monoisotopic (exact) mass is 281 g/mol. The summed E-state index contributed by atoms with van der Waals surface area (Å²) in [7, 11) is -1.59. The van der Waals surface area contributed by atoms with E-state index in [4.69, 9.17) is 4.43 Å². The van der Waals surface area contributed by atoms with Gasteiger partial charge in [-0.1, -0.05) is 20.8 Å². The highest BCUT2D eigenvalue weighted by Crippen LogP contribution is 2.36. The summed E-state index contributed by atoms with van der Waals surface area (Å²) in [5.41, 5.74) is 0. The Labute approximate surface area is 115 Å². The standard InChI is InChI=1S/C14H23NOSSi/c1-14(2,3)18(4,5)16-8-7-15-10-12-6-9-17-13(12)11-15/h6,9-11H,7-8H2,1-5H3. The van der Waals surface area contributed by atoms with Gasteiger partial charge in [0.05, 0.1) is 11.3 Å². The van der Waals surface area contributed by atoms with Crippen LogP contribution in [0, 0.1) is 0 Å². The van der Waals surface area contributed by atoms with Crippen LogP contribution in [0.2, 0.25) is 18.1 Å². The molecule has 0 aliphatic rings. The van der Waals surface area contributed by atoms with Gasteiger partial charge >= 0.3 is 0 Å². The highest BCUT2D eigenvalue weighted by atomic mass is 32.1. The summed E-state index contributed by atoms with van der Waals surface area (Å²) in [6, 6.07) is 2.17. The Hall–Kier alpha value is -0.583. The van der Waals surface area contributed by atoms with E-state index >= 15 is 0 Å². The Morgan fingerprint density at radius 1 is 1.28 bits per heavy atom. The number of rotatable bonds is 4. The Morgan fingerprint density at radius 2 is 2.00 bits per heavy atom. The molecule has 2 aromatic rings. The molecule has 0 saturated carbocycles. The van der Waals surface area contributed by atoms with Gasteiger partial charge in [0.25, 0.3) is 0 Å². The van der Waals surface area contributed by atoms with Crippen molar-refractivity contribution in [1.82, 2.24) is 4.57 Å². The molecule has 0 spiro atoms. The molecule has 2 heterocycles. The molecule has 0 aliphatic heterocycles. The molecular weight excluding hydrogens is 258 g/mol. The Morgan fingerprint density at radius 3 is 2.61 bits per heavy atom. The summed E-state index contributed by atoms with van der Waals surface area (Å²) in [6.07, 6.45) is 4.43. The van der Waals surface area contributed by atoms with Crippen molar-refractivity contribution < 1.29 is 4.43 Å². The van der Waals surface area contributed by atoms with E-state index in [9.17, 15) is 0 Å². The minimum absolute atomic E-state index is 0.296. The molecule has 0 radical (unpaired) electrons. The van der Waals surface area contributed by atoms with Gasteiger partial charge in [-0.05, 0) is 29.6 Å². The average Bonchev–Trinajstić information content (AvgIpc) is 2.75. The van der Waals surface area contributed by atoms with E-state index in [-0.39, 0.29) is 0 Å². The van der Waals surface area contributed by atoms with Crippen molar-refractivity contribution in [2.45, 2.75) is 45.4 Å². The molecule has 100 valence electrons. The topological polar surface area (TPSA) is 14.2 Å². The summed E-state index contributed by atoms with van der Waals surface area (Å²) >= 11 is 1.80. The lowest BCUT2D eigenvalue weighted by Crippen LogP contribution is -2.41. The molecule has 2 aromatic heterocycles. The lowest BCUT2D eigenvalue weighted by Gasteiger charge is -2.36. The van der Waals surface area contributed by atoms with Crippen LogP contribution in [0.4, 0.5) is 0 Å². The van der Waals surface area contributed by atoms with Gasteiger partial charge in [0.15, 0.2) is 8.32 Å². The van der Waals surface area contributed by atoms with Crippen LogP contribution in [-0.4, -0.2) is 19.5 Å². The highest BCUT2D eigenvalue weighted by Gasteiger charge is 2.36. The number of thiophene rings is 1. The van der Waals surface area contributed by atoms with Crippen LogP contribution >= 0.6 is 11.3 Å². The molecule has 18 heavy (non-hydrogen) atoms. The number of nitrogens with zero attached hydrogens (tertiary/aromatic N) is 1. The van der Waals surface area contributed by atoms with Gasteiger partial charge in [0, 0.05) is 24.3 Å². The van der Waals surface area contributed by atoms with Crippen molar-refractivity contribution in [3.63, 3.8) is 0 Å². The van der Waals surface area contributed by atoms with Crippen molar-refractivity contribution in [3.8, 4) is 0 Å². The summed E-state index contributed by atoms with van der Waals surface area (Å²) in [6.45, 7) is 13.2. The van der Waals surface area contributed by atoms with E-state index in [2.05, 4.69) is 62.3 Å². The molecule has 0 aliphatic carbocycles. The van der Waals surface area contributed by atoms with Crippen molar-refractivity contribution in [1.29, 1.82) is 0 Å². The van der Waals surface area contributed by atoms with Crippen molar-refractivity contribution >= 4 is 29.7 Å². The second-order valence-corrected chi connectivity index (χ2v) is 12.1. The molecule has 2 rings (SSSR count). The lowest BCUT2D eigenvalue weighted by molar-refractivity contribution is 0.272. The highest BCUT2D eigenvalue weighted by molar-refractivity contribution is 7.17. The fourth-order valence-corrected chi connectivity index (χ4v) is 3.51. The first-order valence-electron chi connectivity index (χ1n) is 6.46. The fourth-order valence-electron chi connectivity index (χ4n) is 1.66. The second kappa shape index (κ2) is 4.83. The molecule has 0 N–H and O–H groups in total. The summed E-state index contributed by atoms with van der Waals surface area (Å²) in [4.78, 5) is 0. The summed E-state index contributed by atoms with van der Waals surface area (Å²) in [5.74, 6) is 0. The van der Waals surface area contributed by atoms with Gasteiger partial charge in [0.2, 0.25) is 0 Å². The minimum Gasteiger partial charge on any atom is -0.415 e. The molecule has 4 heteroatoms. The second-order valence-electron chi connectivity index (χ2n) is 6.34. The third kappa shape index (κ3) is 2.87. The van der Waals surface area contributed by atoms with E-state index in [0.29, 0.717) is 5.04 Å². The SMILES string of the molecule is CC(C)(C)[Si](C)(C)OCCn1cc2ccsc2c1. The first kappa shape index (κ1) is 13.8. The maximum absolute atomic E-state index is 6.19. The van der Waals surface area contributed by atoms with Crippen LogP contribution in [0.3, 0.4) is 0 Å². The van der Waals surface area contributed by atoms with Gasteiger partial charge in [0.1, 0.15) is 0 Å². The van der Waals surface area contributed by atoms with Crippen LogP contribution in [0.25, 0.3) is 10.1 Å². The number of fused-ring (bicyclic) bond motifs is 1. The van der Waals surface area contributed by atoms with E-state index in [1.165, 1.54) is 10.1 Å². The predicted molar refractivity (Wildman–Crippen MR) is 83.0 cm³/mol. The first-order valence-corrected chi connectivity index (χ1v) is 10.3. The molecule has 0 unspecified atom stereocenters. The predicted octanol–water partition coefficient (Wildman–Crippen LogP) is 4.72. The molecular formula is C14H23NOSSi. The molecule has 2 nitrogen and oxygen atoms in total. The van der Waals surface area contributed by atoms with Crippen LogP contribution in [0.1, 0.15) is 20.8 Å². The maximum atomic E-state index is 6.19. The minimum atomic E-state index is -1.59. The zero-order valence-corrected chi connectivity index (χ0v) is 13.8. The summed E-state index contributed by atoms with van der Waals surface area (Å²) in [5, 5.41) is 3.78. The van der Waals surface area contributed by atoms with Gasteiger partial charge < -0.3 is 8.99 Å². The first-order chi connectivity index (χ1) is 8.29. The largest absolute Gasteiger partial charge is 0.415 e. The zero-order valence-electron chi connectivity index (χ0n) is 12.0. The molecule has 0 amide bonds. The third-order valence-electron chi connectivity index (χ3n) is 3.93. The van der Waals surface area contributed by atoms with E-state index in [0.717, 1.165) is 13.2 Å². The third-order valence-corrected chi connectivity index (χ3v) is 9.34. The fraction of sp³-hybridized carbons (Fsp3) is 0.571. The quantitative estimate of drug-likeness (QED) is 0.739. The molecule has 0 atom stereocenters. The number of aromatic nitrogens is 1. The number of hydrogen-bond acceptors (Lipinski definition) is 2. The normalized spacial score (nSPS) is 13.4. The average molecular weight is 281 g/mol.